The maximum atomic E-state index is 10.3. The first kappa shape index (κ1) is 26.9. The number of hydrogen-bond donors (Lipinski definition) is 2. The molecule has 4 nitrogen and oxygen atoms in total. The topological polar surface area (TPSA) is 74.6 Å². The lowest BCUT2D eigenvalue weighted by atomic mass is 10.1. The van der Waals surface area contributed by atoms with Crippen LogP contribution in [-0.4, -0.2) is 22.2 Å². The van der Waals surface area contributed by atoms with Crippen molar-refractivity contribution in [1.29, 1.82) is 0 Å². The molecule has 1 rings (SSSR count). The van der Waals surface area contributed by atoms with Gasteiger partial charge in [0.1, 0.15) is 0 Å². The van der Waals surface area contributed by atoms with E-state index < -0.39 is 11.9 Å². The van der Waals surface area contributed by atoms with Crippen LogP contribution in [0.5, 0.6) is 0 Å². The van der Waals surface area contributed by atoms with Gasteiger partial charge in [-0.05, 0) is 44.2 Å². The monoisotopic (exact) mass is 404 g/mol. The Hall–Kier alpha value is -2.10. The molecule has 0 aliphatic rings. The number of hydrogen-bond acceptors (Lipinski definition) is 2. The summed E-state index contributed by atoms with van der Waals surface area (Å²) in [7, 11) is 0. The molecule has 0 fully saturated rings. The highest BCUT2D eigenvalue weighted by Gasteiger charge is 1.97. The Bertz CT molecular complexity index is 537. The standard InChI is InChI=1S/C18H34O2.C7H6O2/c1-2-3-4-5-6-7-8-9-10-11-12-13-14-15-16-17-18(19)20;8-7(9)6-4-2-1-3-5-6/h9-10H,2-8,11-17H2,1H3,(H,19,20);1-5H,(H,8,9)/b10-9-;. The highest BCUT2D eigenvalue weighted by atomic mass is 16.4. The fourth-order valence-corrected chi connectivity index (χ4v) is 2.93. The van der Waals surface area contributed by atoms with E-state index >= 15 is 0 Å². The number of aromatic carboxylic acids is 1. The molecule has 0 saturated carbocycles. The molecule has 1 aromatic carbocycles. The van der Waals surface area contributed by atoms with Crippen LogP contribution in [0, 0.1) is 0 Å². The van der Waals surface area contributed by atoms with Gasteiger partial charge >= 0.3 is 11.9 Å². The van der Waals surface area contributed by atoms with Gasteiger partial charge in [-0.1, -0.05) is 88.6 Å². The zero-order chi connectivity index (χ0) is 21.6. The minimum Gasteiger partial charge on any atom is -0.481 e. The van der Waals surface area contributed by atoms with Crippen molar-refractivity contribution < 1.29 is 19.8 Å². The molecule has 0 bridgehead atoms. The van der Waals surface area contributed by atoms with Crippen LogP contribution in [0.15, 0.2) is 42.5 Å². The Kier molecular flexibility index (Phi) is 19.1. The molecule has 0 amide bonds. The number of aliphatic carboxylic acids is 1. The van der Waals surface area contributed by atoms with E-state index in [2.05, 4.69) is 19.1 Å². The highest BCUT2D eigenvalue weighted by Crippen LogP contribution is 2.09. The van der Waals surface area contributed by atoms with Gasteiger partial charge in [0.2, 0.25) is 0 Å². The van der Waals surface area contributed by atoms with E-state index in [9.17, 15) is 9.59 Å². The Morgan fingerprint density at radius 3 is 1.66 bits per heavy atom. The molecule has 0 spiro atoms. The van der Waals surface area contributed by atoms with E-state index in [0.717, 1.165) is 12.8 Å². The number of carbonyl (C=O) groups is 2. The summed E-state index contributed by atoms with van der Waals surface area (Å²) in [6, 6.07) is 8.30. The average molecular weight is 405 g/mol. The lowest BCUT2D eigenvalue weighted by Crippen LogP contribution is -1.93. The smallest absolute Gasteiger partial charge is 0.335 e. The lowest BCUT2D eigenvalue weighted by Gasteiger charge is -1.99. The second kappa shape index (κ2) is 20.6. The van der Waals surface area contributed by atoms with Crippen molar-refractivity contribution in [2.24, 2.45) is 0 Å². The van der Waals surface area contributed by atoms with Crippen molar-refractivity contribution in [3.63, 3.8) is 0 Å². The Labute approximate surface area is 177 Å². The van der Waals surface area contributed by atoms with Crippen molar-refractivity contribution in [1.82, 2.24) is 0 Å². The molecule has 1 aromatic rings. The number of rotatable bonds is 16. The third-order valence-electron chi connectivity index (χ3n) is 4.67. The summed E-state index contributed by atoms with van der Waals surface area (Å²) in [6.07, 6.45) is 21.2. The van der Waals surface area contributed by atoms with Gasteiger partial charge in [-0.2, -0.15) is 0 Å². The van der Waals surface area contributed by atoms with Gasteiger partial charge in [0.25, 0.3) is 0 Å². The summed E-state index contributed by atoms with van der Waals surface area (Å²) in [6.45, 7) is 2.26. The van der Waals surface area contributed by atoms with E-state index in [1.54, 1.807) is 30.3 Å². The minimum atomic E-state index is -0.879. The summed E-state index contributed by atoms with van der Waals surface area (Å²) in [5, 5.41) is 16.9. The number of unbranched alkanes of at least 4 members (excludes halogenated alkanes) is 11. The molecule has 29 heavy (non-hydrogen) atoms. The van der Waals surface area contributed by atoms with E-state index in [0.29, 0.717) is 12.0 Å². The molecule has 0 unspecified atom stereocenters. The lowest BCUT2D eigenvalue weighted by molar-refractivity contribution is -0.137. The number of carboxylic acids is 2. The van der Waals surface area contributed by atoms with E-state index in [1.807, 2.05) is 0 Å². The van der Waals surface area contributed by atoms with Gasteiger partial charge in [-0.3, -0.25) is 4.79 Å². The van der Waals surface area contributed by atoms with Crippen molar-refractivity contribution >= 4 is 11.9 Å². The quantitative estimate of drug-likeness (QED) is 0.221. The van der Waals surface area contributed by atoms with Gasteiger partial charge in [-0.15, -0.1) is 0 Å². The van der Waals surface area contributed by atoms with E-state index in [1.165, 1.54) is 70.6 Å². The Balaban J connectivity index is 0.000000717. The third kappa shape index (κ3) is 20.4. The maximum absolute atomic E-state index is 10.3. The van der Waals surface area contributed by atoms with Crippen molar-refractivity contribution in [3.05, 3.63) is 48.0 Å². The fourth-order valence-electron chi connectivity index (χ4n) is 2.93. The van der Waals surface area contributed by atoms with Crippen LogP contribution >= 0.6 is 0 Å². The van der Waals surface area contributed by atoms with Crippen LogP contribution in [0.3, 0.4) is 0 Å². The van der Waals surface area contributed by atoms with Gasteiger partial charge in [0, 0.05) is 6.42 Å². The SMILES string of the molecule is CCCCCCCC/C=C\CCCCCCCC(=O)O.O=C(O)c1ccccc1. The second-order valence-electron chi connectivity index (χ2n) is 7.40. The zero-order valence-corrected chi connectivity index (χ0v) is 18.2. The molecular weight excluding hydrogens is 364 g/mol. The molecule has 164 valence electrons. The van der Waals surface area contributed by atoms with Crippen LogP contribution in [0.1, 0.15) is 107 Å². The van der Waals surface area contributed by atoms with Crippen LogP contribution in [-0.2, 0) is 4.79 Å². The van der Waals surface area contributed by atoms with Crippen molar-refractivity contribution in [3.8, 4) is 0 Å². The first-order valence-electron chi connectivity index (χ1n) is 11.2. The summed E-state index contributed by atoms with van der Waals surface area (Å²) < 4.78 is 0. The molecule has 0 heterocycles. The number of allylic oxidation sites excluding steroid dienone is 2. The molecule has 0 radical (unpaired) electrons. The number of benzene rings is 1. The van der Waals surface area contributed by atoms with Crippen molar-refractivity contribution in [2.75, 3.05) is 0 Å². The Morgan fingerprint density at radius 1 is 0.724 bits per heavy atom. The second-order valence-corrected chi connectivity index (χ2v) is 7.40. The van der Waals surface area contributed by atoms with Crippen LogP contribution < -0.4 is 0 Å². The molecule has 4 heteroatoms. The minimum absolute atomic E-state index is 0.331. The average Bonchev–Trinajstić information content (AvgIpc) is 2.72. The van der Waals surface area contributed by atoms with Crippen LogP contribution in [0.2, 0.25) is 0 Å². The largest absolute Gasteiger partial charge is 0.481 e. The Morgan fingerprint density at radius 2 is 1.21 bits per heavy atom. The van der Waals surface area contributed by atoms with Gasteiger partial charge in [-0.25, -0.2) is 4.79 Å². The maximum Gasteiger partial charge on any atom is 0.335 e. The predicted octanol–water partition coefficient (Wildman–Crippen LogP) is 7.49. The molecule has 0 aliphatic heterocycles. The molecular formula is C25H40O4. The summed E-state index contributed by atoms with van der Waals surface area (Å²) in [5.41, 5.74) is 0.331. The summed E-state index contributed by atoms with van der Waals surface area (Å²) >= 11 is 0. The van der Waals surface area contributed by atoms with Crippen LogP contribution in [0.4, 0.5) is 0 Å². The third-order valence-corrected chi connectivity index (χ3v) is 4.67. The summed E-state index contributed by atoms with van der Waals surface area (Å²) in [4.78, 5) is 20.5. The zero-order valence-electron chi connectivity index (χ0n) is 18.2. The van der Waals surface area contributed by atoms with E-state index in [4.69, 9.17) is 10.2 Å². The van der Waals surface area contributed by atoms with Crippen molar-refractivity contribution in [2.45, 2.75) is 96.8 Å². The molecule has 0 atom stereocenters. The first-order chi connectivity index (χ1) is 14.1. The molecule has 2 N–H and O–H groups in total. The summed E-state index contributed by atoms with van der Waals surface area (Å²) in [5.74, 6) is -1.54. The molecule has 0 saturated heterocycles. The van der Waals surface area contributed by atoms with E-state index in [-0.39, 0.29) is 0 Å². The van der Waals surface area contributed by atoms with Crippen LogP contribution in [0.25, 0.3) is 0 Å². The van der Waals surface area contributed by atoms with Gasteiger partial charge < -0.3 is 10.2 Å². The fraction of sp³-hybridized carbons (Fsp3) is 0.600. The highest BCUT2D eigenvalue weighted by molar-refractivity contribution is 5.87. The molecule has 0 aromatic heterocycles. The normalized spacial score (nSPS) is 10.5. The molecule has 0 aliphatic carbocycles. The number of carboxylic acid groups (broad SMARTS) is 2. The van der Waals surface area contributed by atoms with Gasteiger partial charge in [0.05, 0.1) is 5.56 Å². The predicted molar refractivity (Wildman–Crippen MR) is 120 cm³/mol. The van der Waals surface area contributed by atoms with Gasteiger partial charge in [0.15, 0.2) is 0 Å². The first-order valence-corrected chi connectivity index (χ1v) is 11.2.